The molecule has 6 rings (SSSR count). The van der Waals surface area contributed by atoms with Crippen molar-refractivity contribution in [3.63, 3.8) is 0 Å². The van der Waals surface area contributed by atoms with Gasteiger partial charge in [-0.25, -0.2) is 4.39 Å². The van der Waals surface area contributed by atoms with E-state index in [9.17, 15) is 32.7 Å². The smallest absolute Gasteiger partial charge is 0.416 e. The molecule has 1 N–H and O–H groups in total. The molecule has 4 heterocycles. The van der Waals surface area contributed by atoms with Crippen LogP contribution in [-0.4, -0.2) is 136 Å². The second kappa shape index (κ2) is 16.4. The minimum Gasteiger partial charge on any atom is -0.497 e. The van der Waals surface area contributed by atoms with Gasteiger partial charge in [0.1, 0.15) is 5.75 Å². The molecule has 4 aliphatic heterocycles. The van der Waals surface area contributed by atoms with Gasteiger partial charge in [-0.05, 0) is 61.1 Å². The van der Waals surface area contributed by atoms with Crippen LogP contribution < -0.4 is 9.64 Å². The van der Waals surface area contributed by atoms with Crippen LogP contribution in [0, 0.1) is 11.8 Å². The number of ether oxygens (including phenoxy) is 3. The average Bonchev–Trinajstić information content (AvgIpc) is 3.89. The standard InChI is InChI=1S/C39H50F4N4O7/c1-52-22-27-18-46(19-32(27)31-11-8-28(39(41,42)43)17-34(31)45-15-12-26(13-16-45)36(49)50)37(51)38(40)24-44(20-33(38)25-6-9-30(54-3)10-7-25)21-35(48)47-14-4-5-29(47)23-53-2/h6-11,17,26-27,29,32-33H,4-5,12-16,18-24H2,1-3H3,(H,49,50)/t27-,29-,32+,33+,38+/m1/s1. The van der Waals surface area contributed by atoms with Crippen molar-refractivity contribution in [2.24, 2.45) is 11.8 Å². The Morgan fingerprint density at radius 2 is 1.61 bits per heavy atom. The lowest BCUT2D eigenvalue weighted by atomic mass is 9.85. The van der Waals surface area contributed by atoms with Crippen molar-refractivity contribution >= 4 is 23.5 Å². The molecular formula is C39H50F4N4O7. The Hall–Kier alpha value is -3.95. The fraction of sp³-hybridized carbons (Fsp3) is 0.615. The van der Waals surface area contributed by atoms with Crippen LogP contribution >= 0.6 is 0 Å². The summed E-state index contributed by atoms with van der Waals surface area (Å²) in [4.78, 5) is 46.5. The number of piperidine rings is 1. The third kappa shape index (κ3) is 8.18. The van der Waals surface area contributed by atoms with Crippen molar-refractivity contribution in [2.45, 2.75) is 55.4 Å². The van der Waals surface area contributed by atoms with Crippen molar-refractivity contribution in [3.8, 4) is 5.75 Å². The zero-order valence-electron chi connectivity index (χ0n) is 31.0. The normalized spacial score (nSPS) is 26.8. The molecular weight excluding hydrogens is 712 g/mol. The fourth-order valence-corrected chi connectivity index (χ4v) is 8.97. The predicted molar refractivity (Wildman–Crippen MR) is 191 cm³/mol. The number of carbonyl (C=O) groups is 3. The van der Waals surface area contributed by atoms with Gasteiger partial charge in [0.15, 0.2) is 0 Å². The first-order chi connectivity index (χ1) is 25.8. The molecule has 0 unspecified atom stereocenters. The second-order valence-corrected chi connectivity index (χ2v) is 15.1. The largest absolute Gasteiger partial charge is 0.497 e. The molecule has 2 aromatic carbocycles. The van der Waals surface area contributed by atoms with Gasteiger partial charge >= 0.3 is 12.1 Å². The zero-order valence-corrected chi connectivity index (χ0v) is 31.0. The van der Waals surface area contributed by atoms with Gasteiger partial charge in [0.25, 0.3) is 5.91 Å². The van der Waals surface area contributed by atoms with Crippen LogP contribution in [0.1, 0.15) is 54.2 Å². The molecule has 15 heteroatoms. The Morgan fingerprint density at radius 3 is 2.24 bits per heavy atom. The van der Waals surface area contributed by atoms with Crippen molar-refractivity contribution in [1.82, 2.24) is 14.7 Å². The number of carboxylic acids is 1. The summed E-state index contributed by atoms with van der Waals surface area (Å²) in [5.74, 6) is -3.59. The first-order valence-corrected chi connectivity index (χ1v) is 18.6. The zero-order chi connectivity index (χ0) is 38.8. The molecule has 2 amide bonds. The molecule has 0 radical (unpaired) electrons. The summed E-state index contributed by atoms with van der Waals surface area (Å²) in [6.45, 7) is 1.59. The highest BCUT2D eigenvalue weighted by atomic mass is 19.4. The Kier molecular flexibility index (Phi) is 12.1. The van der Waals surface area contributed by atoms with Gasteiger partial charge in [-0.1, -0.05) is 18.2 Å². The van der Waals surface area contributed by atoms with Gasteiger partial charge in [0.2, 0.25) is 11.6 Å². The first kappa shape index (κ1) is 39.7. The Bertz CT molecular complexity index is 1650. The first-order valence-electron chi connectivity index (χ1n) is 18.6. The van der Waals surface area contributed by atoms with Gasteiger partial charge in [0.05, 0.1) is 44.4 Å². The minimum atomic E-state index is -4.61. The molecule has 4 aliphatic rings. The molecule has 2 aromatic rings. The number of carboxylic acid groups (broad SMARTS) is 1. The van der Waals surface area contributed by atoms with Crippen LogP contribution in [-0.2, 0) is 30.0 Å². The van der Waals surface area contributed by atoms with Gasteiger partial charge < -0.3 is 34.0 Å². The number of methoxy groups -OCH3 is 3. The molecule has 0 spiro atoms. The van der Waals surface area contributed by atoms with Crippen LogP contribution in [0.5, 0.6) is 5.75 Å². The molecule has 5 atom stereocenters. The number of likely N-dealkylation sites (tertiary alicyclic amines) is 3. The van der Waals surface area contributed by atoms with Crippen LogP contribution in [0.15, 0.2) is 42.5 Å². The molecule has 0 aliphatic carbocycles. The summed E-state index contributed by atoms with van der Waals surface area (Å²) in [5.41, 5.74) is -1.76. The number of alkyl halides is 4. The number of hydrogen-bond acceptors (Lipinski definition) is 8. The highest BCUT2D eigenvalue weighted by Crippen LogP contribution is 2.46. The van der Waals surface area contributed by atoms with E-state index in [1.54, 1.807) is 46.1 Å². The SMILES string of the molecule is COC[C@H]1CN(C(=O)[C@]2(F)CN(CC(=O)N3CCC[C@@H]3COC)C[C@H]2c2ccc(OC)cc2)C[C@@H]1c1ccc(C(F)(F)F)cc1N1CCC(C(=O)O)CC1. The van der Waals surface area contributed by atoms with Gasteiger partial charge in [-0.15, -0.1) is 0 Å². The van der Waals surface area contributed by atoms with Crippen molar-refractivity contribution in [1.29, 1.82) is 0 Å². The summed E-state index contributed by atoms with van der Waals surface area (Å²) in [6, 6.07) is 10.4. The molecule has 0 saturated carbocycles. The van der Waals surface area contributed by atoms with E-state index in [-0.39, 0.29) is 83.1 Å². The van der Waals surface area contributed by atoms with E-state index in [1.165, 1.54) is 25.2 Å². The van der Waals surface area contributed by atoms with Crippen LogP contribution in [0.3, 0.4) is 0 Å². The number of anilines is 1. The molecule has 0 aromatic heterocycles. The van der Waals surface area contributed by atoms with Crippen LogP contribution in [0.4, 0.5) is 23.2 Å². The predicted octanol–water partition coefficient (Wildman–Crippen LogP) is 4.65. The Morgan fingerprint density at radius 1 is 0.907 bits per heavy atom. The molecule has 4 fully saturated rings. The Labute approximate surface area is 313 Å². The molecule has 0 bridgehead atoms. The maximum Gasteiger partial charge on any atom is 0.416 e. The molecule has 54 heavy (non-hydrogen) atoms. The maximum atomic E-state index is 17.8. The quantitative estimate of drug-likeness (QED) is 0.309. The summed E-state index contributed by atoms with van der Waals surface area (Å²) >= 11 is 0. The number of hydrogen-bond donors (Lipinski definition) is 1. The highest BCUT2D eigenvalue weighted by Gasteiger charge is 2.57. The third-order valence-electron chi connectivity index (χ3n) is 11.8. The van der Waals surface area contributed by atoms with E-state index in [0.29, 0.717) is 35.7 Å². The third-order valence-corrected chi connectivity index (χ3v) is 11.8. The molecule has 11 nitrogen and oxygen atoms in total. The number of rotatable bonds is 12. The van der Waals surface area contributed by atoms with Crippen molar-refractivity contribution in [2.75, 3.05) is 91.8 Å². The average molecular weight is 763 g/mol. The number of nitrogens with zero attached hydrogens (tertiary/aromatic N) is 4. The maximum absolute atomic E-state index is 17.8. The summed E-state index contributed by atoms with van der Waals surface area (Å²) in [5, 5.41) is 9.53. The lowest BCUT2D eigenvalue weighted by molar-refractivity contribution is -0.144. The lowest BCUT2D eigenvalue weighted by Gasteiger charge is -2.35. The molecule has 296 valence electrons. The van der Waals surface area contributed by atoms with E-state index in [1.807, 2.05) is 0 Å². The summed E-state index contributed by atoms with van der Waals surface area (Å²) in [6.07, 6.45) is -2.38. The van der Waals surface area contributed by atoms with Gasteiger partial charge in [-0.2, -0.15) is 13.2 Å². The van der Waals surface area contributed by atoms with E-state index < -0.39 is 47.0 Å². The lowest BCUT2D eigenvalue weighted by Crippen LogP contribution is -2.50. The van der Waals surface area contributed by atoms with E-state index >= 15 is 4.39 Å². The summed E-state index contributed by atoms with van der Waals surface area (Å²) in [7, 11) is 4.62. The second-order valence-electron chi connectivity index (χ2n) is 15.1. The van der Waals surface area contributed by atoms with Gasteiger partial charge in [-0.3, -0.25) is 19.3 Å². The van der Waals surface area contributed by atoms with Crippen LogP contribution in [0.2, 0.25) is 0 Å². The van der Waals surface area contributed by atoms with E-state index in [4.69, 9.17) is 14.2 Å². The highest BCUT2D eigenvalue weighted by molar-refractivity contribution is 5.88. The van der Waals surface area contributed by atoms with E-state index in [2.05, 4.69) is 0 Å². The van der Waals surface area contributed by atoms with E-state index in [0.717, 1.165) is 25.0 Å². The van der Waals surface area contributed by atoms with Crippen molar-refractivity contribution in [3.05, 3.63) is 59.2 Å². The van der Waals surface area contributed by atoms with Crippen molar-refractivity contribution < 1.29 is 51.3 Å². The number of aliphatic carboxylic acids is 1. The minimum absolute atomic E-state index is 0.0449. The number of carbonyl (C=O) groups excluding carboxylic acids is 2. The number of amides is 2. The monoisotopic (exact) mass is 762 g/mol. The number of benzene rings is 2. The van der Waals surface area contributed by atoms with Crippen LogP contribution in [0.25, 0.3) is 0 Å². The van der Waals surface area contributed by atoms with Gasteiger partial charge in [0, 0.05) is 83.5 Å². The molecule has 4 saturated heterocycles. The Balaban J connectivity index is 1.29. The topological polar surface area (TPSA) is 112 Å². The number of halogens is 4. The fourth-order valence-electron chi connectivity index (χ4n) is 8.97. The summed E-state index contributed by atoms with van der Waals surface area (Å²) < 4.78 is 76.1.